The zero-order valence-corrected chi connectivity index (χ0v) is 11.3. The zero-order chi connectivity index (χ0) is 11.8. The number of thiazole rings is 1. The Morgan fingerprint density at radius 2 is 2.31 bits per heavy atom. The van der Waals surface area contributed by atoms with Gasteiger partial charge in [-0.3, -0.25) is 0 Å². The van der Waals surface area contributed by atoms with E-state index in [1.165, 1.54) is 0 Å². The first-order valence-corrected chi connectivity index (χ1v) is 6.85. The van der Waals surface area contributed by atoms with Gasteiger partial charge >= 0.3 is 0 Å². The molecule has 1 aromatic rings. The molecule has 1 atom stereocenters. The summed E-state index contributed by atoms with van der Waals surface area (Å²) in [6.07, 6.45) is 2.16. The van der Waals surface area contributed by atoms with Crippen LogP contribution < -0.4 is 5.32 Å². The summed E-state index contributed by atoms with van der Waals surface area (Å²) >= 11 is 1.71. The minimum absolute atomic E-state index is 0.344. The lowest BCUT2D eigenvalue weighted by Gasteiger charge is -2.11. The fourth-order valence-electron chi connectivity index (χ4n) is 1.42. The Labute approximate surface area is 102 Å². The predicted molar refractivity (Wildman–Crippen MR) is 69.0 cm³/mol. The van der Waals surface area contributed by atoms with E-state index in [1.54, 1.807) is 11.3 Å². The van der Waals surface area contributed by atoms with Gasteiger partial charge in [-0.15, -0.1) is 11.3 Å². The van der Waals surface area contributed by atoms with Crippen LogP contribution in [0.3, 0.4) is 0 Å². The molecule has 1 aromatic heterocycles. The third-order valence-electron chi connectivity index (χ3n) is 2.34. The van der Waals surface area contributed by atoms with Crippen LogP contribution in [0.15, 0.2) is 5.38 Å². The Morgan fingerprint density at radius 3 is 2.94 bits per heavy atom. The lowest BCUT2D eigenvalue weighted by molar-refractivity contribution is 0.131. The third-order valence-corrected chi connectivity index (χ3v) is 3.14. The van der Waals surface area contributed by atoms with Gasteiger partial charge in [-0.1, -0.05) is 6.92 Å². The second kappa shape index (κ2) is 7.76. The minimum Gasteiger partial charge on any atom is -0.381 e. The molecule has 0 aliphatic carbocycles. The largest absolute Gasteiger partial charge is 0.381 e. The number of hydrogen-bond acceptors (Lipinski definition) is 4. The normalized spacial score (nSPS) is 12.9. The Bertz CT molecular complexity index is 288. The van der Waals surface area contributed by atoms with Crippen LogP contribution in [0.1, 0.15) is 43.4 Å². The van der Waals surface area contributed by atoms with Gasteiger partial charge in [0.2, 0.25) is 0 Å². The second-order valence-corrected chi connectivity index (χ2v) is 5.00. The van der Waals surface area contributed by atoms with Crippen LogP contribution in [0.2, 0.25) is 0 Å². The Morgan fingerprint density at radius 1 is 1.50 bits per heavy atom. The predicted octanol–water partition coefficient (Wildman–Crippen LogP) is 2.92. The summed E-state index contributed by atoms with van der Waals surface area (Å²) in [5.41, 5.74) is 1.15. The Balaban J connectivity index is 2.09. The molecule has 0 amide bonds. The number of nitrogens with one attached hydrogen (secondary N) is 1. The van der Waals surface area contributed by atoms with E-state index in [1.807, 2.05) is 6.92 Å². The van der Waals surface area contributed by atoms with Crippen LogP contribution >= 0.6 is 11.3 Å². The van der Waals surface area contributed by atoms with Crippen molar-refractivity contribution in [1.29, 1.82) is 0 Å². The van der Waals surface area contributed by atoms with Crippen molar-refractivity contribution in [2.45, 2.75) is 39.7 Å². The molecule has 0 fully saturated rings. The summed E-state index contributed by atoms with van der Waals surface area (Å²) in [6, 6.07) is 0.344. The Hall–Kier alpha value is -0.450. The molecule has 0 aliphatic rings. The molecule has 3 nitrogen and oxygen atoms in total. The van der Waals surface area contributed by atoms with Crippen LogP contribution in [0, 0.1) is 6.92 Å². The summed E-state index contributed by atoms with van der Waals surface area (Å²) in [4.78, 5) is 4.46. The van der Waals surface area contributed by atoms with Gasteiger partial charge in [0.25, 0.3) is 0 Å². The van der Waals surface area contributed by atoms with Crippen molar-refractivity contribution in [3.8, 4) is 0 Å². The summed E-state index contributed by atoms with van der Waals surface area (Å²) in [6.45, 7) is 9.04. The molecule has 1 N–H and O–H groups in total. The number of nitrogens with zero attached hydrogens (tertiary/aromatic N) is 1. The lowest BCUT2D eigenvalue weighted by atomic mass is 10.2. The van der Waals surface area contributed by atoms with Crippen molar-refractivity contribution in [3.63, 3.8) is 0 Å². The topological polar surface area (TPSA) is 34.1 Å². The Kier molecular flexibility index (Phi) is 6.61. The molecule has 0 aliphatic heterocycles. The summed E-state index contributed by atoms with van der Waals surface area (Å²) in [5, 5.41) is 6.71. The molecular formula is C12H22N2OS. The minimum atomic E-state index is 0.344. The van der Waals surface area contributed by atoms with E-state index >= 15 is 0 Å². The molecule has 1 unspecified atom stereocenters. The quantitative estimate of drug-likeness (QED) is 0.712. The van der Waals surface area contributed by atoms with Crippen molar-refractivity contribution in [1.82, 2.24) is 10.3 Å². The van der Waals surface area contributed by atoms with Crippen molar-refractivity contribution in [3.05, 3.63) is 16.1 Å². The first-order chi connectivity index (χ1) is 7.74. The number of aromatic nitrogens is 1. The summed E-state index contributed by atoms with van der Waals surface area (Å²) in [5.74, 6) is 0. The van der Waals surface area contributed by atoms with Crippen molar-refractivity contribution >= 4 is 11.3 Å². The number of aryl methyl sites for hydroxylation is 1. The van der Waals surface area contributed by atoms with Gasteiger partial charge in [0.1, 0.15) is 0 Å². The maximum atomic E-state index is 5.42. The highest BCUT2D eigenvalue weighted by Crippen LogP contribution is 2.15. The number of ether oxygens (including phenoxy) is 1. The lowest BCUT2D eigenvalue weighted by Crippen LogP contribution is -2.21. The average molecular weight is 242 g/mol. The first kappa shape index (κ1) is 13.6. The fraction of sp³-hybridized carbons (Fsp3) is 0.750. The van der Waals surface area contributed by atoms with Crippen LogP contribution in [0.5, 0.6) is 0 Å². The molecule has 0 saturated heterocycles. The summed E-state index contributed by atoms with van der Waals surface area (Å²) in [7, 11) is 0. The van der Waals surface area contributed by atoms with Gasteiger partial charge in [0.05, 0.1) is 10.7 Å². The maximum absolute atomic E-state index is 5.42. The van der Waals surface area contributed by atoms with E-state index in [2.05, 4.69) is 29.5 Å². The van der Waals surface area contributed by atoms with Crippen LogP contribution in [-0.2, 0) is 4.74 Å². The molecule has 0 saturated carbocycles. The second-order valence-electron chi connectivity index (χ2n) is 3.93. The highest BCUT2D eigenvalue weighted by molar-refractivity contribution is 7.09. The fourth-order valence-corrected chi connectivity index (χ4v) is 2.13. The van der Waals surface area contributed by atoms with E-state index in [-0.39, 0.29) is 0 Å². The molecule has 0 radical (unpaired) electrons. The van der Waals surface area contributed by atoms with Gasteiger partial charge in [-0.05, 0) is 33.2 Å². The smallest absolute Gasteiger partial charge is 0.0898 e. The molecular weight excluding hydrogens is 220 g/mol. The average Bonchev–Trinajstić information content (AvgIpc) is 2.70. The van der Waals surface area contributed by atoms with Gasteiger partial charge in [-0.25, -0.2) is 4.98 Å². The highest BCUT2D eigenvalue weighted by Gasteiger charge is 2.07. The SMILES string of the molecule is CCCOCCCNC(C)c1csc(C)n1. The third kappa shape index (κ3) is 5.05. The molecule has 0 aromatic carbocycles. The van der Waals surface area contributed by atoms with E-state index in [4.69, 9.17) is 4.74 Å². The van der Waals surface area contributed by atoms with Crippen molar-refractivity contribution in [2.75, 3.05) is 19.8 Å². The monoisotopic (exact) mass is 242 g/mol. The van der Waals surface area contributed by atoms with Crippen LogP contribution in [-0.4, -0.2) is 24.7 Å². The highest BCUT2D eigenvalue weighted by atomic mass is 32.1. The van der Waals surface area contributed by atoms with E-state index in [0.29, 0.717) is 6.04 Å². The molecule has 16 heavy (non-hydrogen) atoms. The summed E-state index contributed by atoms with van der Waals surface area (Å²) < 4.78 is 5.42. The molecule has 0 bridgehead atoms. The van der Waals surface area contributed by atoms with E-state index in [9.17, 15) is 0 Å². The van der Waals surface area contributed by atoms with Gasteiger partial charge < -0.3 is 10.1 Å². The number of hydrogen-bond donors (Lipinski definition) is 1. The van der Waals surface area contributed by atoms with Gasteiger partial charge in [0, 0.05) is 24.6 Å². The molecule has 1 heterocycles. The zero-order valence-electron chi connectivity index (χ0n) is 10.5. The molecule has 4 heteroatoms. The van der Waals surface area contributed by atoms with Crippen molar-refractivity contribution in [2.24, 2.45) is 0 Å². The van der Waals surface area contributed by atoms with E-state index in [0.717, 1.165) is 43.3 Å². The molecule has 92 valence electrons. The standard InChI is InChI=1S/C12H22N2OS/c1-4-7-15-8-5-6-13-10(2)12-9-16-11(3)14-12/h9-10,13H,4-8H2,1-3H3. The molecule has 1 rings (SSSR count). The number of rotatable bonds is 8. The van der Waals surface area contributed by atoms with Crippen LogP contribution in [0.25, 0.3) is 0 Å². The van der Waals surface area contributed by atoms with Crippen LogP contribution in [0.4, 0.5) is 0 Å². The van der Waals surface area contributed by atoms with Gasteiger partial charge in [-0.2, -0.15) is 0 Å². The van der Waals surface area contributed by atoms with Gasteiger partial charge in [0.15, 0.2) is 0 Å². The van der Waals surface area contributed by atoms with E-state index < -0.39 is 0 Å². The van der Waals surface area contributed by atoms with Crippen molar-refractivity contribution < 1.29 is 4.74 Å². The molecule has 0 spiro atoms. The first-order valence-electron chi connectivity index (χ1n) is 5.97. The maximum Gasteiger partial charge on any atom is 0.0898 e.